The van der Waals surface area contributed by atoms with Crippen LogP contribution in [0.15, 0.2) is 202 Å². The normalized spacial score (nSPS) is 14.2. The standard InChI is InChI=1S/C49H33N3O/c1-3-11-32(12-4-1)35-21-26-37(27-22-35)41-17-9-19-43-45(41)46-42(18-10-20-44(46)53-43)49-51-47(38-28-23-36(24-29-38)33-13-5-2-6-14-33)50-48(52-49)40-30-25-34-15-7-8-16-39(34)31-40/h1-31,48H,(H,50,51,52). The van der Waals surface area contributed by atoms with Crippen molar-refractivity contribution in [2.24, 2.45) is 9.98 Å². The number of aliphatic imine (C=N–C) groups is 2. The third-order valence-corrected chi connectivity index (χ3v) is 10.2. The first kappa shape index (κ1) is 30.8. The molecule has 0 bridgehead atoms. The molecule has 0 amide bonds. The summed E-state index contributed by atoms with van der Waals surface area (Å²) in [6.07, 6.45) is -0.352. The van der Waals surface area contributed by atoms with E-state index < -0.39 is 0 Å². The second kappa shape index (κ2) is 12.9. The molecule has 0 radical (unpaired) electrons. The zero-order valence-corrected chi connectivity index (χ0v) is 28.8. The van der Waals surface area contributed by atoms with Crippen molar-refractivity contribution in [3.63, 3.8) is 0 Å². The number of nitrogens with one attached hydrogen (secondary N) is 1. The topological polar surface area (TPSA) is 49.9 Å². The molecule has 0 saturated carbocycles. The molecular formula is C49H33N3O. The fraction of sp³-hybridized carbons (Fsp3) is 0.0204. The molecule has 2 heterocycles. The number of hydrogen-bond donors (Lipinski definition) is 1. The van der Waals surface area contributed by atoms with Gasteiger partial charge in [0.05, 0.1) is 0 Å². The first-order chi connectivity index (χ1) is 26.2. The van der Waals surface area contributed by atoms with E-state index in [4.69, 9.17) is 14.4 Å². The van der Waals surface area contributed by atoms with Crippen LogP contribution in [0, 0.1) is 0 Å². The first-order valence-electron chi connectivity index (χ1n) is 17.9. The molecule has 1 aliphatic rings. The summed E-state index contributed by atoms with van der Waals surface area (Å²) in [7, 11) is 0. The second-order valence-electron chi connectivity index (χ2n) is 13.4. The van der Waals surface area contributed by atoms with Gasteiger partial charge in [0.1, 0.15) is 23.2 Å². The average molecular weight is 680 g/mol. The maximum atomic E-state index is 6.55. The zero-order valence-electron chi connectivity index (χ0n) is 28.8. The molecule has 10 rings (SSSR count). The maximum Gasteiger partial charge on any atom is 0.159 e. The number of amidine groups is 2. The highest BCUT2D eigenvalue weighted by molar-refractivity contribution is 6.24. The number of rotatable bonds is 6. The summed E-state index contributed by atoms with van der Waals surface area (Å²) < 4.78 is 6.55. The predicted molar refractivity (Wildman–Crippen MR) is 219 cm³/mol. The molecule has 53 heavy (non-hydrogen) atoms. The van der Waals surface area contributed by atoms with Crippen LogP contribution in [0.3, 0.4) is 0 Å². The van der Waals surface area contributed by atoms with E-state index in [0.717, 1.165) is 61.2 Å². The van der Waals surface area contributed by atoms with Gasteiger partial charge in [-0.3, -0.25) is 0 Å². The molecule has 250 valence electrons. The van der Waals surface area contributed by atoms with Crippen LogP contribution in [0.25, 0.3) is 66.1 Å². The number of hydrogen-bond acceptors (Lipinski definition) is 4. The fourth-order valence-corrected chi connectivity index (χ4v) is 7.48. The summed E-state index contributed by atoms with van der Waals surface area (Å²) in [5, 5.41) is 8.19. The Bertz CT molecular complexity index is 2830. The van der Waals surface area contributed by atoms with Gasteiger partial charge < -0.3 is 9.73 Å². The number of fused-ring (bicyclic) bond motifs is 4. The Morgan fingerprint density at radius 3 is 1.60 bits per heavy atom. The van der Waals surface area contributed by atoms with Crippen molar-refractivity contribution < 1.29 is 4.42 Å². The quantitative estimate of drug-likeness (QED) is 0.190. The van der Waals surface area contributed by atoms with Crippen LogP contribution in [-0.2, 0) is 0 Å². The summed E-state index contributed by atoms with van der Waals surface area (Å²) in [6, 6.07) is 65.8. The molecular weight excluding hydrogens is 647 g/mol. The Morgan fingerprint density at radius 1 is 0.415 bits per heavy atom. The number of nitrogens with zero attached hydrogens (tertiary/aromatic N) is 2. The molecule has 1 aliphatic heterocycles. The Morgan fingerprint density at radius 2 is 0.943 bits per heavy atom. The lowest BCUT2D eigenvalue weighted by Crippen LogP contribution is -2.33. The van der Waals surface area contributed by atoms with Crippen LogP contribution in [0.4, 0.5) is 0 Å². The molecule has 8 aromatic carbocycles. The minimum absolute atomic E-state index is 0.352. The highest BCUT2D eigenvalue weighted by Gasteiger charge is 2.25. The van der Waals surface area contributed by atoms with Gasteiger partial charge in [0, 0.05) is 21.9 Å². The number of benzene rings is 8. The number of furan rings is 1. The van der Waals surface area contributed by atoms with Crippen molar-refractivity contribution in [3.8, 4) is 33.4 Å². The van der Waals surface area contributed by atoms with Crippen molar-refractivity contribution in [1.29, 1.82) is 0 Å². The SMILES string of the molecule is c1ccc(-c2ccc(C3=NC(c4ccc5ccccc5c4)NC(c4cccc5oc6cccc(-c7ccc(-c8ccccc8)cc7)c6c45)=N3)cc2)cc1. The Hall–Kier alpha value is -7.04. The molecule has 0 aliphatic carbocycles. The minimum Gasteiger partial charge on any atom is -0.456 e. The molecule has 1 N–H and O–H groups in total. The van der Waals surface area contributed by atoms with E-state index in [-0.39, 0.29) is 6.17 Å². The van der Waals surface area contributed by atoms with Crippen LogP contribution in [0.1, 0.15) is 22.9 Å². The van der Waals surface area contributed by atoms with Gasteiger partial charge in [-0.1, -0.05) is 170 Å². The molecule has 1 atom stereocenters. The average Bonchev–Trinajstić information content (AvgIpc) is 3.63. The van der Waals surface area contributed by atoms with Gasteiger partial charge in [-0.25, -0.2) is 9.98 Å². The molecule has 4 heteroatoms. The summed E-state index contributed by atoms with van der Waals surface area (Å²) in [6.45, 7) is 0. The van der Waals surface area contributed by atoms with E-state index in [1.807, 2.05) is 24.3 Å². The summed E-state index contributed by atoms with van der Waals surface area (Å²) in [4.78, 5) is 10.5. The first-order valence-corrected chi connectivity index (χ1v) is 17.9. The van der Waals surface area contributed by atoms with Crippen molar-refractivity contribution >= 4 is 44.4 Å². The lowest BCUT2D eigenvalue weighted by Gasteiger charge is -2.24. The van der Waals surface area contributed by atoms with Crippen molar-refractivity contribution in [3.05, 3.63) is 205 Å². The molecule has 1 aromatic heterocycles. The third-order valence-electron chi connectivity index (χ3n) is 10.2. The molecule has 0 saturated heterocycles. The highest BCUT2D eigenvalue weighted by Crippen LogP contribution is 2.39. The van der Waals surface area contributed by atoms with Gasteiger partial charge in [-0.15, -0.1) is 0 Å². The third kappa shape index (κ3) is 5.67. The van der Waals surface area contributed by atoms with Crippen LogP contribution in [0.5, 0.6) is 0 Å². The van der Waals surface area contributed by atoms with Crippen LogP contribution in [-0.4, -0.2) is 11.7 Å². The Kier molecular flexibility index (Phi) is 7.51. The predicted octanol–water partition coefficient (Wildman–Crippen LogP) is 12.2. The Balaban J connectivity index is 1.12. The maximum absolute atomic E-state index is 6.55. The summed E-state index contributed by atoms with van der Waals surface area (Å²) in [5.74, 6) is 1.43. The molecule has 1 unspecified atom stereocenters. The smallest absolute Gasteiger partial charge is 0.159 e. The van der Waals surface area contributed by atoms with E-state index in [9.17, 15) is 0 Å². The van der Waals surface area contributed by atoms with Crippen molar-refractivity contribution in [2.75, 3.05) is 0 Å². The highest BCUT2D eigenvalue weighted by atomic mass is 16.3. The van der Waals surface area contributed by atoms with Gasteiger partial charge >= 0.3 is 0 Å². The van der Waals surface area contributed by atoms with Crippen LogP contribution >= 0.6 is 0 Å². The lowest BCUT2D eigenvalue weighted by atomic mass is 9.95. The monoisotopic (exact) mass is 679 g/mol. The molecule has 4 nitrogen and oxygen atoms in total. The van der Waals surface area contributed by atoms with Gasteiger partial charge in [-0.2, -0.15) is 0 Å². The van der Waals surface area contributed by atoms with Crippen molar-refractivity contribution in [2.45, 2.75) is 6.17 Å². The van der Waals surface area contributed by atoms with Gasteiger partial charge in [-0.05, 0) is 67.9 Å². The second-order valence-corrected chi connectivity index (χ2v) is 13.4. The van der Waals surface area contributed by atoms with E-state index in [1.54, 1.807) is 0 Å². The van der Waals surface area contributed by atoms with Crippen LogP contribution in [0.2, 0.25) is 0 Å². The van der Waals surface area contributed by atoms with Crippen LogP contribution < -0.4 is 5.32 Å². The van der Waals surface area contributed by atoms with E-state index in [0.29, 0.717) is 5.84 Å². The summed E-state index contributed by atoms with van der Waals surface area (Å²) in [5.41, 5.74) is 11.6. The largest absolute Gasteiger partial charge is 0.456 e. The fourth-order valence-electron chi connectivity index (χ4n) is 7.48. The zero-order chi connectivity index (χ0) is 35.1. The molecule has 0 spiro atoms. The van der Waals surface area contributed by atoms with Gasteiger partial charge in [0.2, 0.25) is 0 Å². The van der Waals surface area contributed by atoms with E-state index in [2.05, 4.69) is 169 Å². The van der Waals surface area contributed by atoms with Gasteiger partial charge in [0.15, 0.2) is 5.84 Å². The lowest BCUT2D eigenvalue weighted by molar-refractivity contribution is 0.668. The molecule has 9 aromatic rings. The summed E-state index contributed by atoms with van der Waals surface area (Å²) >= 11 is 0. The minimum atomic E-state index is -0.352. The van der Waals surface area contributed by atoms with Crippen molar-refractivity contribution in [1.82, 2.24) is 5.32 Å². The van der Waals surface area contributed by atoms with E-state index in [1.165, 1.54) is 27.5 Å². The van der Waals surface area contributed by atoms with Gasteiger partial charge in [0.25, 0.3) is 0 Å². The molecule has 0 fully saturated rings. The Labute approximate surface area is 307 Å². The van der Waals surface area contributed by atoms with E-state index >= 15 is 0 Å².